The van der Waals surface area contributed by atoms with Crippen LogP contribution < -0.4 is 0 Å². The topological polar surface area (TPSA) is 37.3 Å². The molecule has 2 nitrogen and oxygen atoms in total. The van der Waals surface area contributed by atoms with Crippen molar-refractivity contribution in [3.8, 4) is 0 Å². The molecule has 0 saturated heterocycles. The Balaban J connectivity index is 2.40. The number of aromatic carboxylic acids is 1. The van der Waals surface area contributed by atoms with E-state index < -0.39 is 5.97 Å². The SMILES string of the molecule is CC1(C)C=CC(c2ccccc2C(=O)O)=CC1. The van der Waals surface area contributed by atoms with Gasteiger partial charge in [-0.15, -0.1) is 0 Å². The van der Waals surface area contributed by atoms with Crippen molar-refractivity contribution in [2.24, 2.45) is 5.41 Å². The minimum absolute atomic E-state index is 0.168. The van der Waals surface area contributed by atoms with Gasteiger partial charge in [0.1, 0.15) is 0 Å². The highest BCUT2D eigenvalue weighted by molar-refractivity contribution is 5.95. The maximum Gasteiger partial charge on any atom is 0.336 e. The molecule has 0 fully saturated rings. The number of hydrogen-bond acceptors (Lipinski definition) is 1. The number of carboxylic acid groups (broad SMARTS) is 1. The second-order valence-electron chi connectivity index (χ2n) is 5.04. The lowest BCUT2D eigenvalue weighted by Crippen LogP contribution is -2.10. The Hall–Kier alpha value is -1.83. The molecule has 0 unspecified atom stereocenters. The van der Waals surface area contributed by atoms with Crippen LogP contribution in [0.3, 0.4) is 0 Å². The van der Waals surface area contributed by atoms with Gasteiger partial charge in [0.25, 0.3) is 0 Å². The lowest BCUT2D eigenvalue weighted by atomic mass is 9.82. The van der Waals surface area contributed by atoms with Gasteiger partial charge in [-0.05, 0) is 29.0 Å². The molecule has 0 aromatic heterocycles. The molecule has 0 atom stereocenters. The summed E-state index contributed by atoms with van der Waals surface area (Å²) in [6.07, 6.45) is 7.21. The summed E-state index contributed by atoms with van der Waals surface area (Å²) in [6, 6.07) is 7.13. The lowest BCUT2D eigenvalue weighted by molar-refractivity contribution is 0.0696. The molecule has 17 heavy (non-hydrogen) atoms. The van der Waals surface area contributed by atoms with Gasteiger partial charge in [-0.25, -0.2) is 4.79 Å². The van der Waals surface area contributed by atoms with Crippen LogP contribution in [-0.4, -0.2) is 11.1 Å². The van der Waals surface area contributed by atoms with E-state index in [0.29, 0.717) is 5.56 Å². The fourth-order valence-electron chi connectivity index (χ4n) is 1.95. The van der Waals surface area contributed by atoms with E-state index in [2.05, 4.69) is 26.0 Å². The fourth-order valence-corrected chi connectivity index (χ4v) is 1.95. The van der Waals surface area contributed by atoms with Gasteiger partial charge in [-0.2, -0.15) is 0 Å². The summed E-state index contributed by atoms with van der Waals surface area (Å²) in [7, 11) is 0. The Labute approximate surface area is 101 Å². The minimum Gasteiger partial charge on any atom is -0.478 e. The molecule has 0 aliphatic heterocycles. The molecule has 1 aliphatic rings. The second-order valence-corrected chi connectivity index (χ2v) is 5.04. The van der Waals surface area contributed by atoms with Crippen molar-refractivity contribution in [1.29, 1.82) is 0 Å². The molecule has 0 radical (unpaired) electrons. The largest absolute Gasteiger partial charge is 0.478 e. The van der Waals surface area contributed by atoms with Crippen LogP contribution in [0.4, 0.5) is 0 Å². The molecule has 1 aromatic rings. The first-order valence-electron chi connectivity index (χ1n) is 5.72. The summed E-state index contributed by atoms with van der Waals surface area (Å²) in [5.74, 6) is -0.875. The third-order valence-electron chi connectivity index (χ3n) is 3.03. The Bertz CT molecular complexity index is 507. The average Bonchev–Trinajstić information content (AvgIpc) is 2.29. The third-order valence-corrected chi connectivity index (χ3v) is 3.03. The van der Waals surface area contributed by atoms with Gasteiger partial charge < -0.3 is 5.11 Å². The second kappa shape index (κ2) is 4.21. The van der Waals surface area contributed by atoms with Gasteiger partial charge in [0.15, 0.2) is 0 Å². The predicted molar refractivity (Wildman–Crippen MR) is 68.9 cm³/mol. The molecular weight excluding hydrogens is 212 g/mol. The Kier molecular flexibility index (Phi) is 2.88. The molecule has 0 heterocycles. The van der Waals surface area contributed by atoms with Gasteiger partial charge in [0.05, 0.1) is 5.56 Å². The number of hydrogen-bond donors (Lipinski definition) is 1. The van der Waals surface area contributed by atoms with E-state index in [1.165, 1.54) is 0 Å². The third kappa shape index (κ3) is 2.47. The first kappa shape index (κ1) is 11.6. The van der Waals surface area contributed by atoms with Crippen molar-refractivity contribution in [2.45, 2.75) is 20.3 Å². The van der Waals surface area contributed by atoms with Crippen LogP contribution in [0.2, 0.25) is 0 Å². The maximum atomic E-state index is 11.1. The van der Waals surface area contributed by atoms with E-state index in [-0.39, 0.29) is 5.41 Å². The molecule has 1 aliphatic carbocycles. The van der Waals surface area contributed by atoms with E-state index in [1.807, 2.05) is 18.2 Å². The monoisotopic (exact) mass is 228 g/mol. The van der Waals surface area contributed by atoms with Crippen LogP contribution >= 0.6 is 0 Å². The van der Waals surface area contributed by atoms with Crippen LogP contribution in [0.5, 0.6) is 0 Å². The Morgan fingerprint density at radius 1 is 1.29 bits per heavy atom. The standard InChI is InChI=1S/C15H16O2/c1-15(2)9-7-11(8-10-15)12-5-3-4-6-13(12)14(16)17/h3-9H,10H2,1-2H3,(H,16,17). The zero-order chi connectivity index (χ0) is 12.5. The number of carboxylic acids is 1. The fraction of sp³-hybridized carbons (Fsp3) is 0.267. The van der Waals surface area contributed by atoms with Gasteiger partial charge >= 0.3 is 5.97 Å². The molecule has 0 saturated carbocycles. The van der Waals surface area contributed by atoms with Gasteiger partial charge in [0, 0.05) is 0 Å². The molecule has 0 spiro atoms. The number of allylic oxidation sites excluding steroid dienone is 4. The molecule has 0 amide bonds. The van der Waals surface area contributed by atoms with Gasteiger partial charge in [-0.1, -0.05) is 50.3 Å². The molecule has 1 N–H and O–H groups in total. The molecular formula is C15H16O2. The summed E-state index contributed by atoms with van der Waals surface area (Å²) in [5.41, 5.74) is 2.33. The zero-order valence-corrected chi connectivity index (χ0v) is 10.1. The first-order chi connectivity index (χ1) is 7.99. The van der Waals surface area contributed by atoms with Crippen LogP contribution in [0.1, 0.15) is 36.2 Å². The van der Waals surface area contributed by atoms with Crippen molar-refractivity contribution >= 4 is 11.5 Å². The number of carbonyl (C=O) groups is 1. The molecule has 2 heteroatoms. The van der Waals surface area contributed by atoms with E-state index in [9.17, 15) is 4.79 Å². The average molecular weight is 228 g/mol. The zero-order valence-electron chi connectivity index (χ0n) is 10.1. The first-order valence-corrected chi connectivity index (χ1v) is 5.72. The van der Waals surface area contributed by atoms with Crippen molar-refractivity contribution in [2.75, 3.05) is 0 Å². The van der Waals surface area contributed by atoms with Gasteiger partial charge in [0.2, 0.25) is 0 Å². The number of rotatable bonds is 2. The Morgan fingerprint density at radius 2 is 2.00 bits per heavy atom. The highest BCUT2D eigenvalue weighted by atomic mass is 16.4. The highest BCUT2D eigenvalue weighted by Gasteiger charge is 2.18. The molecule has 88 valence electrons. The summed E-state index contributed by atoms with van der Waals surface area (Å²) in [4.78, 5) is 11.1. The number of benzene rings is 1. The van der Waals surface area contributed by atoms with Crippen LogP contribution in [0.15, 0.2) is 42.5 Å². The normalized spacial score (nSPS) is 17.6. The van der Waals surface area contributed by atoms with Gasteiger partial charge in [-0.3, -0.25) is 0 Å². The Morgan fingerprint density at radius 3 is 2.59 bits per heavy atom. The van der Waals surface area contributed by atoms with E-state index in [1.54, 1.807) is 12.1 Å². The van der Waals surface area contributed by atoms with E-state index in [4.69, 9.17) is 5.11 Å². The summed E-state index contributed by atoms with van der Waals surface area (Å²) in [6.45, 7) is 4.33. The lowest BCUT2D eigenvalue weighted by Gasteiger charge is -2.23. The quantitative estimate of drug-likeness (QED) is 0.836. The van der Waals surface area contributed by atoms with Crippen molar-refractivity contribution in [3.05, 3.63) is 53.6 Å². The predicted octanol–water partition coefficient (Wildman–Crippen LogP) is 3.75. The summed E-state index contributed by atoms with van der Waals surface area (Å²) >= 11 is 0. The van der Waals surface area contributed by atoms with Crippen LogP contribution in [0.25, 0.3) is 5.57 Å². The van der Waals surface area contributed by atoms with Crippen LogP contribution in [0, 0.1) is 5.41 Å². The smallest absolute Gasteiger partial charge is 0.336 e. The molecule has 1 aromatic carbocycles. The van der Waals surface area contributed by atoms with Crippen molar-refractivity contribution in [1.82, 2.24) is 0 Å². The van der Waals surface area contributed by atoms with Crippen LogP contribution in [-0.2, 0) is 0 Å². The van der Waals surface area contributed by atoms with E-state index in [0.717, 1.165) is 17.6 Å². The molecule has 2 rings (SSSR count). The maximum absolute atomic E-state index is 11.1. The summed E-state index contributed by atoms with van der Waals surface area (Å²) in [5, 5.41) is 9.15. The van der Waals surface area contributed by atoms with Crippen molar-refractivity contribution in [3.63, 3.8) is 0 Å². The van der Waals surface area contributed by atoms with Crippen molar-refractivity contribution < 1.29 is 9.90 Å². The minimum atomic E-state index is -0.875. The molecule has 0 bridgehead atoms. The van der Waals surface area contributed by atoms with E-state index >= 15 is 0 Å². The highest BCUT2D eigenvalue weighted by Crippen LogP contribution is 2.33. The summed E-state index contributed by atoms with van der Waals surface area (Å²) < 4.78 is 0.